The number of ether oxygens (including phenoxy) is 4. The number of unbranched alkanes of at least 4 members (excludes halogenated alkanes) is 1. The fourth-order valence-electron chi connectivity index (χ4n) is 2.27. The van der Waals surface area contributed by atoms with Gasteiger partial charge in [-0.3, -0.25) is 0 Å². The number of halogens is 1. The Bertz CT molecular complexity index is 530. The molecule has 0 fully saturated rings. The van der Waals surface area contributed by atoms with Crippen molar-refractivity contribution >= 4 is 29.9 Å². The van der Waals surface area contributed by atoms with Crippen LogP contribution in [0.4, 0.5) is 0 Å². The van der Waals surface area contributed by atoms with Gasteiger partial charge in [0, 0.05) is 26.8 Å². The van der Waals surface area contributed by atoms with Gasteiger partial charge in [0.25, 0.3) is 0 Å². The van der Waals surface area contributed by atoms with E-state index in [1.54, 1.807) is 21.3 Å². The van der Waals surface area contributed by atoms with Crippen molar-refractivity contribution in [3.63, 3.8) is 0 Å². The molecule has 27 heavy (non-hydrogen) atoms. The van der Waals surface area contributed by atoms with Crippen LogP contribution in [0.3, 0.4) is 0 Å². The van der Waals surface area contributed by atoms with Crippen molar-refractivity contribution in [1.29, 1.82) is 0 Å². The van der Waals surface area contributed by atoms with E-state index in [0.29, 0.717) is 25.5 Å². The summed E-state index contributed by atoms with van der Waals surface area (Å²) in [6.45, 7) is 6.34. The minimum absolute atomic E-state index is 0. The first-order valence-electron chi connectivity index (χ1n) is 9.04. The van der Waals surface area contributed by atoms with Crippen LogP contribution in [0.25, 0.3) is 0 Å². The summed E-state index contributed by atoms with van der Waals surface area (Å²) in [5, 5.41) is 6.60. The van der Waals surface area contributed by atoms with E-state index in [1.807, 2.05) is 18.2 Å². The summed E-state index contributed by atoms with van der Waals surface area (Å²) in [5.41, 5.74) is 1.06. The van der Waals surface area contributed by atoms with E-state index < -0.39 is 0 Å². The average molecular weight is 495 g/mol. The number of rotatable bonds is 13. The van der Waals surface area contributed by atoms with Crippen molar-refractivity contribution in [3.05, 3.63) is 23.8 Å². The Morgan fingerprint density at radius 1 is 0.963 bits per heavy atom. The minimum Gasteiger partial charge on any atom is -0.493 e. The van der Waals surface area contributed by atoms with Gasteiger partial charge < -0.3 is 29.6 Å². The fraction of sp³-hybridized carbons (Fsp3) is 0.632. The Hall–Kier alpha value is -1.26. The van der Waals surface area contributed by atoms with Crippen LogP contribution in [0.2, 0.25) is 0 Å². The smallest absolute Gasteiger partial charge is 0.191 e. The lowest BCUT2D eigenvalue weighted by molar-refractivity contribution is 0.0689. The number of hydrogen-bond acceptors (Lipinski definition) is 5. The average Bonchev–Trinajstić information content (AvgIpc) is 2.67. The number of nitrogens with zero attached hydrogens (tertiary/aromatic N) is 1. The van der Waals surface area contributed by atoms with Gasteiger partial charge in [-0.25, -0.2) is 4.99 Å². The van der Waals surface area contributed by atoms with Crippen LogP contribution < -0.4 is 20.1 Å². The lowest BCUT2D eigenvalue weighted by Gasteiger charge is -2.12. The molecule has 2 N–H and O–H groups in total. The molecule has 1 rings (SSSR count). The van der Waals surface area contributed by atoms with Crippen molar-refractivity contribution in [2.45, 2.75) is 26.3 Å². The zero-order valence-electron chi connectivity index (χ0n) is 16.9. The number of methoxy groups -OCH3 is 3. The van der Waals surface area contributed by atoms with Crippen LogP contribution in [-0.4, -0.2) is 60.2 Å². The molecule has 1 aromatic carbocycles. The van der Waals surface area contributed by atoms with E-state index in [0.717, 1.165) is 49.8 Å². The Morgan fingerprint density at radius 3 is 2.41 bits per heavy atom. The quantitative estimate of drug-likeness (QED) is 0.190. The first kappa shape index (κ1) is 25.7. The summed E-state index contributed by atoms with van der Waals surface area (Å²) in [6.07, 6.45) is 2.03. The number of hydrogen-bond donors (Lipinski definition) is 2. The number of guanidine groups is 1. The lowest BCUT2D eigenvalue weighted by atomic mass is 10.2. The molecule has 0 spiro atoms. The highest BCUT2D eigenvalue weighted by Crippen LogP contribution is 2.27. The first-order chi connectivity index (χ1) is 12.7. The maximum atomic E-state index is 5.45. The van der Waals surface area contributed by atoms with Crippen molar-refractivity contribution in [3.8, 4) is 11.5 Å². The highest BCUT2D eigenvalue weighted by Gasteiger charge is 2.04. The molecule has 0 aliphatic heterocycles. The van der Waals surface area contributed by atoms with Crippen LogP contribution in [0.1, 0.15) is 25.3 Å². The second kappa shape index (κ2) is 16.9. The molecule has 156 valence electrons. The van der Waals surface area contributed by atoms with Gasteiger partial charge in [0.15, 0.2) is 17.5 Å². The van der Waals surface area contributed by atoms with Crippen LogP contribution in [0.15, 0.2) is 23.2 Å². The molecule has 0 saturated carbocycles. The summed E-state index contributed by atoms with van der Waals surface area (Å²) in [6, 6.07) is 5.84. The summed E-state index contributed by atoms with van der Waals surface area (Å²) >= 11 is 0. The molecule has 0 aliphatic carbocycles. The first-order valence-corrected chi connectivity index (χ1v) is 9.04. The molecule has 0 saturated heterocycles. The van der Waals surface area contributed by atoms with Crippen molar-refractivity contribution in [2.75, 3.05) is 54.2 Å². The SMILES string of the molecule is CCNC(=NCc1ccc(OC)c(OC)c1)NCCCCOCCOC.I. The number of nitrogens with one attached hydrogen (secondary N) is 2. The molecule has 0 bridgehead atoms. The van der Waals surface area contributed by atoms with Crippen molar-refractivity contribution < 1.29 is 18.9 Å². The Kier molecular flexibility index (Phi) is 16.1. The van der Waals surface area contributed by atoms with E-state index in [4.69, 9.17) is 18.9 Å². The molecule has 1 aromatic rings. The molecule has 0 atom stereocenters. The topological polar surface area (TPSA) is 73.3 Å². The third-order valence-corrected chi connectivity index (χ3v) is 3.65. The van der Waals surface area contributed by atoms with Gasteiger partial charge in [0.1, 0.15) is 0 Å². The standard InChI is InChI=1S/C19H33N3O4.HI/c1-5-20-19(21-10-6-7-11-26-13-12-23-2)22-15-16-8-9-17(24-3)18(14-16)25-4;/h8-9,14H,5-7,10-13,15H2,1-4H3,(H2,20,21,22);1H. The van der Waals surface area contributed by atoms with Crippen LogP contribution in [0, 0.1) is 0 Å². The molecule has 0 aromatic heterocycles. The second-order valence-electron chi connectivity index (χ2n) is 5.62. The molecule has 0 unspecified atom stereocenters. The van der Waals surface area contributed by atoms with Gasteiger partial charge in [0.05, 0.1) is 34.0 Å². The molecule has 0 heterocycles. The predicted molar refractivity (Wildman–Crippen MR) is 120 cm³/mol. The largest absolute Gasteiger partial charge is 0.493 e. The maximum Gasteiger partial charge on any atom is 0.191 e. The summed E-state index contributed by atoms with van der Waals surface area (Å²) < 4.78 is 21.0. The van der Waals surface area contributed by atoms with Crippen LogP contribution >= 0.6 is 24.0 Å². The third-order valence-electron chi connectivity index (χ3n) is 3.65. The van der Waals surface area contributed by atoms with Crippen LogP contribution in [-0.2, 0) is 16.0 Å². The fourth-order valence-corrected chi connectivity index (χ4v) is 2.27. The summed E-state index contributed by atoms with van der Waals surface area (Å²) in [7, 11) is 4.94. The van der Waals surface area contributed by atoms with Gasteiger partial charge in [0.2, 0.25) is 0 Å². The Labute approximate surface area is 180 Å². The highest BCUT2D eigenvalue weighted by molar-refractivity contribution is 14.0. The number of benzene rings is 1. The number of aliphatic imine (C=N–C) groups is 1. The second-order valence-corrected chi connectivity index (χ2v) is 5.62. The van der Waals surface area contributed by atoms with Gasteiger partial charge in [-0.2, -0.15) is 0 Å². The monoisotopic (exact) mass is 495 g/mol. The normalized spacial score (nSPS) is 10.9. The molecule has 7 nitrogen and oxygen atoms in total. The van der Waals surface area contributed by atoms with Gasteiger partial charge in [-0.15, -0.1) is 24.0 Å². The van der Waals surface area contributed by atoms with E-state index in [2.05, 4.69) is 22.5 Å². The Balaban J connectivity index is 0.00000676. The lowest BCUT2D eigenvalue weighted by Crippen LogP contribution is -2.37. The highest BCUT2D eigenvalue weighted by atomic mass is 127. The summed E-state index contributed by atoms with van der Waals surface area (Å²) in [5.74, 6) is 2.24. The zero-order chi connectivity index (χ0) is 19.0. The van der Waals surface area contributed by atoms with E-state index in [-0.39, 0.29) is 24.0 Å². The van der Waals surface area contributed by atoms with Gasteiger partial charge in [-0.05, 0) is 37.5 Å². The van der Waals surface area contributed by atoms with Gasteiger partial charge >= 0.3 is 0 Å². The molecule has 0 amide bonds. The van der Waals surface area contributed by atoms with Crippen molar-refractivity contribution in [1.82, 2.24) is 10.6 Å². The summed E-state index contributed by atoms with van der Waals surface area (Å²) in [4.78, 5) is 4.62. The third kappa shape index (κ3) is 11.2. The molecular weight excluding hydrogens is 461 g/mol. The molecule has 8 heteroatoms. The van der Waals surface area contributed by atoms with E-state index in [9.17, 15) is 0 Å². The van der Waals surface area contributed by atoms with Gasteiger partial charge in [-0.1, -0.05) is 6.07 Å². The zero-order valence-corrected chi connectivity index (χ0v) is 19.2. The molecule has 0 aliphatic rings. The maximum absolute atomic E-state index is 5.45. The van der Waals surface area contributed by atoms with Crippen LogP contribution in [0.5, 0.6) is 11.5 Å². The molecular formula is C19H34IN3O4. The Morgan fingerprint density at radius 2 is 1.74 bits per heavy atom. The van der Waals surface area contributed by atoms with E-state index >= 15 is 0 Å². The predicted octanol–water partition coefficient (Wildman–Crippen LogP) is 2.82. The molecule has 0 radical (unpaired) electrons. The van der Waals surface area contributed by atoms with Crippen molar-refractivity contribution in [2.24, 2.45) is 4.99 Å². The minimum atomic E-state index is 0. The van der Waals surface area contributed by atoms with E-state index in [1.165, 1.54) is 0 Å².